The molecule has 2 N–H and O–H groups in total. The number of carbonyl (C=O) groups excluding carboxylic acids is 1. The molecular weight excluding hydrogens is 178 g/mol. The van der Waals surface area contributed by atoms with Crippen LogP contribution in [0.1, 0.15) is 39.0 Å². The van der Waals surface area contributed by atoms with Crippen LogP contribution in [0.5, 0.6) is 0 Å². The Balaban J connectivity index is 3.82. The van der Waals surface area contributed by atoms with Crippen molar-refractivity contribution in [3.05, 3.63) is 12.7 Å². The molecular formula is C11H21NO2. The molecule has 14 heavy (non-hydrogen) atoms. The van der Waals surface area contributed by atoms with Crippen molar-refractivity contribution in [2.75, 3.05) is 6.54 Å². The molecule has 0 saturated carbocycles. The summed E-state index contributed by atoms with van der Waals surface area (Å²) in [7, 11) is 0. The fourth-order valence-corrected chi connectivity index (χ4v) is 1.25. The van der Waals surface area contributed by atoms with Crippen LogP contribution in [0.4, 0.5) is 0 Å². The van der Waals surface area contributed by atoms with E-state index in [0.717, 1.165) is 32.1 Å². The molecule has 0 fully saturated rings. The van der Waals surface area contributed by atoms with Crippen LogP contribution in [-0.2, 0) is 9.53 Å². The van der Waals surface area contributed by atoms with Crippen molar-refractivity contribution in [1.82, 2.24) is 0 Å². The van der Waals surface area contributed by atoms with Crippen molar-refractivity contribution >= 4 is 5.97 Å². The van der Waals surface area contributed by atoms with E-state index in [2.05, 4.69) is 13.5 Å². The Morgan fingerprint density at radius 3 is 2.64 bits per heavy atom. The molecule has 0 aliphatic carbocycles. The molecule has 0 aromatic rings. The Morgan fingerprint density at radius 2 is 2.14 bits per heavy atom. The van der Waals surface area contributed by atoms with Crippen LogP contribution in [0.3, 0.4) is 0 Å². The number of ether oxygens (including phenoxy) is 1. The van der Waals surface area contributed by atoms with Crippen LogP contribution in [-0.4, -0.2) is 18.6 Å². The van der Waals surface area contributed by atoms with E-state index in [4.69, 9.17) is 10.5 Å². The second-order valence-electron chi connectivity index (χ2n) is 3.34. The van der Waals surface area contributed by atoms with Gasteiger partial charge in [0.25, 0.3) is 0 Å². The van der Waals surface area contributed by atoms with Crippen molar-refractivity contribution in [2.24, 2.45) is 5.73 Å². The number of hydrogen-bond acceptors (Lipinski definition) is 3. The molecule has 0 radical (unpaired) electrons. The molecule has 0 heterocycles. The highest BCUT2D eigenvalue weighted by atomic mass is 16.5. The number of carbonyl (C=O) groups is 1. The zero-order chi connectivity index (χ0) is 10.8. The van der Waals surface area contributed by atoms with E-state index in [1.165, 1.54) is 6.08 Å². The number of unbranched alkanes of at least 4 members (excludes halogenated alkanes) is 1. The number of hydrogen-bond donors (Lipinski definition) is 1. The SMILES string of the molecule is C=CC(=O)OC(CCCC)CCCN. The van der Waals surface area contributed by atoms with Gasteiger partial charge in [0.1, 0.15) is 6.10 Å². The summed E-state index contributed by atoms with van der Waals surface area (Å²) in [5, 5.41) is 0. The summed E-state index contributed by atoms with van der Waals surface area (Å²) in [5.74, 6) is -0.330. The average Bonchev–Trinajstić information content (AvgIpc) is 2.21. The third-order valence-electron chi connectivity index (χ3n) is 2.06. The lowest BCUT2D eigenvalue weighted by Crippen LogP contribution is -2.18. The number of esters is 1. The molecule has 1 unspecified atom stereocenters. The molecule has 0 bridgehead atoms. The summed E-state index contributed by atoms with van der Waals surface area (Å²) >= 11 is 0. The van der Waals surface area contributed by atoms with Gasteiger partial charge in [-0.3, -0.25) is 0 Å². The van der Waals surface area contributed by atoms with E-state index in [0.29, 0.717) is 6.54 Å². The van der Waals surface area contributed by atoms with Crippen LogP contribution in [0.25, 0.3) is 0 Å². The number of rotatable bonds is 8. The zero-order valence-corrected chi connectivity index (χ0v) is 9.00. The van der Waals surface area contributed by atoms with Gasteiger partial charge >= 0.3 is 5.97 Å². The first-order valence-corrected chi connectivity index (χ1v) is 5.27. The standard InChI is InChI=1S/C11H21NO2/c1-3-5-7-10(8-6-9-12)14-11(13)4-2/h4,10H,2-3,5-9,12H2,1H3. The maximum atomic E-state index is 11.0. The summed E-state index contributed by atoms with van der Waals surface area (Å²) in [6.45, 7) is 6.14. The van der Waals surface area contributed by atoms with Crippen molar-refractivity contribution in [2.45, 2.75) is 45.1 Å². The van der Waals surface area contributed by atoms with Crippen LogP contribution in [0, 0.1) is 0 Å². The Labute approximate surface area is 86.3 Å². The third-order valence-corrected chi connectivity index (χ3v) is 2.06. The van der Waals surface area contributed by atoms with Gasteiger partial charge in [0.2, 0.25) is 0 Å². The molecule has 0 aromatic carbocycles. The van der Waals surface area contributed by atoms with E-state index in [1.807, 2.05) is 0 Å². The van der Waals surface area contributed by atoms with Gasteiger partial charge < -0.3 is 10.5 Å². The van der Waals surface area contributed by atoms with E-state index >= 15 is 0 Å². The molecule has 0 rings (SSSR count). The fourth-order valence-electron chi connectivity index (χ4n) is 1.25. The molecule has 0 saturated heterocycles. The minimum atomic E-state index is -0.330. The van der Waals surface area contributed by atoms with Gasteiger partial charge in [-0.05, 0) is 25.8 Å². The molecule has 0 aromatic heterocycles. The first-order chi connectivity index (χ1) is 6.74. The molecule has 3 heteroatoms. The normalized spacial score (nSPS) is 12.1. The summed E-state index contributed by atoms with van der Waals surface area (Å²) in [6.07, 6.45) is 6.11. The predicted octanol–water partition coefficient (Wildman–Crippen LogP) is 2.01. The Morgan fingerprint density at radius 1 is 1.50 bits per heavy atom. The molecule has 1 atom stereocenters. The molecule has 0 amide bonds. The summed E-state index contributed by atoms with van der Waals surface area (Å²) in [6, 6.07) is 0. The minimum absolute atomic E-state index is 0.0176. The summed E-state index contributed by atoms with van der Waals surface area (Å²) in [4.78, 5) is 11.0. The van der Waals surface area contributed by atoms with Gasteiger partial charge in [-0.1, -0.05) is 26.3 Å². The first-order valence-electron chi connectivity index (χ1n) is 5.27. The quantitative estimate of drug-likeness (QED) is 0.480. The molecule has 82 valence electrons. The number of nitrogens with two attached hydrogens (primary N) is 1. The highest BCUT2D eigenvalue weighted by molar-refractivity contribution is 5.81. The lowest BCUT2D eigenvalue weighted by Gasteiger charge is -2.16. The highest BCUT2D eigenvalue weighted by Gasteiger charge is 2.11. The lowest BCUT2D eigenvalue weighted by atomic mass is 10.1. The zero-order valence-electron chi connectivity index (χ0n) is 9.00. The minimum Gasteiger partial charge on any atom is -0.459 e. The second-order valence-corrected chi connectivity index (χ2v) is 3.34. The third kappa shape index (κ3) is 6.66. The van der Waals surface area contributed by atoms with E-state index in [1.54, 1.807) is 0 Å². The van der Waals surface area contributed by atoms with E-state index in [9.17, 15) is 4.79 Å². The largest absolute Gasteiger partial charge is 0.459 e. The maximum absolute atomic E-state index is 11.0. The van der Waals surface area contributed by atoms with E-state index in [-0.39, 0.29) is 12.1 Å². The summed E-state index contributed by atoms with van der Waals surface area (Å²) in [5.41, 5.74) is 5.41. The lowest BCUT2D eigenvalue weighted by molar-refractivity contribution is -0.143. The second kappa shape index (κ2) is 8.75. The van der Waals surface area contributed by atoms with Crippen LogP contribution < -0.4 is 5.73 Å². The molecule has 0 aliphatic heterocycles. The van der Waals surface area contributed by atoms with Gasteiger partial charge in [0, 0.05) is 6.08 Å². The Kier molecular flexibility index (Phi) is 8.24. The topological polar surface area (TPSA) is 52.3 Å². The molecule has 0 spiro atoms. The van der Waals surface area contributed by atoms with Crippen LogP contribution in [0.2, 0.25) is 0 Å². The van der Waals surface area contributed by atoms with Crippen molar-refractivity contribution in [3.63, 3.8) is 0 Å². The fraction of sp³-hybridized carbons (Fsp3) is 0.727. The van der Waals surface area contributed by atoms with Gasteiger partial charge in [-0.25, -0.2) is 4.79 Å². The van der Waals surface area contributed by atoms with Crippen LogP contribution >= 0.6 is 0 Å². The Bertz CT molecular complexity index is 161. The monoisotopic (exact) mass is 199 g/mol. The van der Waals surface area contributed by atoms with Gasteiger partial charge in [-0.15, -0.1) is 0 Å². The highest BCUT2D eigenvalue weighted by Crippen LogP contribution is 2.11. The predicted molar refractivity (Wildman–Crippen MR) is 57.9 cm³/mol. The molecule has 0 aliphatic rings. The van der Waals surface area contributed by atoms with Crippen molar-refractivity contribution in [1.29, 1.82) is 0 Å². The average molecular weight is 199 g/mol. The van der Waals surface area contributed by atoms with Crippen LogP contribution in [0.15, 0.2) is 12.7 Å². The maximum Gasteiger partial charge on any atom is 0.330 e. The van der Waals surface area contributed by atoms with Gasteiger partial charge in [-0.2, -0.15) is 0 Å². The van der Waals surface area contributed by atoms with Gasteiger partial charge in [0.15, 0.2) is 0 Å². The van der Waals surface area contributed by atoms with Crippen molar-refractivity contribution < 1.29 is 9.53 Å². The van der Waals surface area contributed by atoms with Crippen molar-refractivity contribution in [3.8, 4) is 0 Å². The Hall–Kier alpha value is -0.830. The first kappa shape index (κ1) is 13.2. The molecule has 3 nitrogen and oxygen atoms in total. The van der Waals surface area contributed by atoms with Gasteiger partial charge in [0.05, 0.1) is 0 Å². The summed E-state index contributed by atoms with van der Waals surface area (Å²) < 4.78 is 5.19. The smallest absolute Gasteiger partial charge is 0.330 e. The van der Waals surface area contributed by atoms with E-state index < -0.39 is 0 Å².